The molecule has 10 heteroatoms. The number of carbonyl (C=O) groups excluding carboxylic acids is 1. The fraction of sp³-hybridized carbons (Fsp3) is 0.500. The highest BCUT2D eigenvalue weighted by Gasteiger charge is 2.38. The van der Waals surface area contributed by atoms with Crippen molar-refractivity contribution in [2.45, 2.75) is 26.2 Å². The minimum atomic E-state index is -4.65. The largest absolute Gasteiger partial charge is 0.468 e. The van der Waals surface area contributed by atoms with E-state index in [1.54, 1.807) is 11.2 Å². The summed E-state index contributed by atoms with van der Waals surface area (Å²) in [6, 6.07) is 3.71. The summed E-state index contributed by atoms with van der Waals surface area (Å²) in [4.78, 5) is 16.2. The lowest BCUT2D eigenvalue weighted by molar-refractivity contribution is -0.142. The molecule has 0 aliphatic carbocycles. The molecule has 0 bridgehead atoms. The number of nitrogens with zero attached hydrogens (tertiary/aromatic N) is 4. The monoisotopic (exact) mass is 390 g/mol. The fourth-order valence-corrected chi connectivity index (χ4v) is 3.11. The molecule has 1 fully saturated rings. The van der Waals surface area contributed by atoms with Crippen molar-refractivity contribution in [3.8, 4) is 0 Å². The Labute approximate surface area is 153 Å². The first-order valence-electron chi connectivity index (χ1n) is 8.08. The van der Waals surface area contributed by atoms with Crippen LogP contribution in [0.1, 0.15) is 17.1 Å². The van der Waals surface area contributed by atoms with Crippen LogP contribution in [-0.4, -0.2) is 51.7 Å². The van der Waals surface area contributed by atoms with E-state index in [2.05, 4.69) is 10.00 Å². The van der Waals surface area contributed by atoms with Crippen LogP contribution in [0.15, 0.2) is 22.8 Å². The van der Waals surface area contributed by atoms with Gasteiger partial charge in [-0.2, -0.15) is 18.3 Å². The highest BCUT2D eigenvalue weighted by atomic mass is 35.5. The minimum absolute atomic E-state index is 0.129. The first-order valence-corrected chi connectivity index (χ1v) is 8.46. The van der Waals surface area contributed by atoms with Gasteiger partial charge in [-0.3, -0.25) is 14.4 Å². The van der Waals surface area contributed by atoms with Crippen LogP contribution in [0, 0.1) is 6.92 Å². The lowest BCUT2D eigenvalue weighted by Crippen LogP contribution is -2.49. The zero-order chi connectivity index (χ0) is 18.9. The van der Waals surface area contributed by atoms with Crippen LogP contribution in [0.4, 0.5) is 13.2 Å². The SMILES string of the molecule is Cc1c(Cl)c(C(F)(F)F)nn1CC(=O)N1CCN(Cc2ccco2)CC1. The van der Waals surface area contributed by atoms with Crippen molar-refractivity contribution >= 4 is 17.5 Å². The molecular weight excluding hydrogens is 373 g/mol. The van der Waals surface area contributed by atoms with Crippen molar-refractivity contribution in [2.24, 2.45) is 0 Å². The molecule has 0 radical (unpaired) electrons. The van der Waals surface area contributed by atoms with Crippen LogP contribution >= 0.6 is 11.6 Å². The molecule has 2 aromatic heterocycles. The summed E-state index contributed by atoms with van der Waals surface area (Å²) < 4.78 is 44.9. The lowest BCUT2D eigenvalue weighted by atomic mass is 10.3. The van der Waals surface area contributed by atoms with E-state index in [4.69, 9.17) is 16.0 Å². The second kappa shape index (κ2) is 7.32. The maximum atomic E-state index is 12.9. The molecule has 0 aromatic carbocycles. The molecular formula is C16H18ClF3N4O2. The zero-order valence-electron chi connectivity index (χ0n) is 14.1. The molecule has 0 unspecified atom stereocenters. The molecule has 142 valence electrons. The predicted molar refractivity (Wildman–Crippen MR) is 87.5 cm³/mol. The van der Waals surface area contributed by atoms with E-state index in [9.17, 15) is 18.0 Å². The standard InChI is InChI=1S/C16H18ClF3N4O2/c1-11-14(17)15(16(18,19)20)21-24(11)10-13(25)23-6-4-22(5-7-23)9-12-3-2-8-26-12/h2-3,8H,4-7,9-10H2,1H3. The van der Waals surface area contributed by atoms with Crippen molar-refractivity contribution in [1.29, 1.82) is 0 Å². The zero-order valence-corrected chi connectivity index (χ0v) is 14.8. The van der Waals surface area contributed by atoms with Gasteiger partial charge in [0.25, 0.3) is 0 Å². The molecule has 26 heavy (non-hydrogen) atoms. The third-order valence-corrected chi connectivity index (χ3v) is 4.82. The molecule has 0 N–H and O–H groups in total. The summed E-state index contributed by atoms with van der Waals surface area (Å²) in [7, 11) is 0. The highest BCUT2D eigenvalue weighted by molar-refractivity contribution is 6.32. The molecule has 3 heterocycles. The third-order valence-electron chi connectivity index (χ3n) is 4.37. The van der Waals surface area contributed by atoms with E-state index >= 15 is 0 Å². The summed E-state index contributed by atoms with van der Waals surface area (Å²) in [5.74, 6) is 0.574. The summed E-state index contributed by atoms with van der Waals surface area (Å²) in [6.45, 7) is 4.15. The third kappa shape index (κ3) is 4.04. The number of rotatable bonds is 4. The van der Waals surface area contributed by atoms with E-state index in [1.165, 1.54) is 6.92 Å². The number of piperazine rings is 1. The molecule has 6 nitrogen and oxygen atoms in total. The van der Waals surface area contributed by atoms with Gasteiger partial charge in [0.2, 0.25) is 5.91 Å². The molecule has 1 amide bonds. The van der Waals surface area contributed by atoms with Crippen molar-refractivity contribution < 1.29 is 22.4 Å². The van der Waals surface area contributed by atoms with E-state index in [0.29, 0.717) is 32.7 Å². The summed E-state index contributed by atoms with van der Waals surface area (Å²) in [5.41, 5.74) is -1.03. The van der Waals surface area contributed by atoms with Gasteiger partial charge in [-0.05, 0) is 19.1 Å². The molecule has 0 atom stereocenters. The molecule has 2 aromatic rings. The fourth-order valence-electron chi connectivity index (χ4n) is 2.87. The van der Waals surface area contributed by atoms with Crippen molar-refractivity contribution in [2.75, 3.05) is 26.2 Å². The predicted octanol–water partition coefficient (Wildman–Crippen LogP) is 2.80. The summed E-state index contributed by atoms with van der Waals surface area (Å²) >= 11 is 5.71. The smallest absolute Gasteiger partial charge is 0.436 e. The minimum Gasteiger partial charge on any atom is -0.468 e. The number of amides is 1. The van der Waals surface area contributed by atoms with Gasteiger partial charge < -0.3 is 9.32 Å². The quantitative estimate of drug-likeness (QED) is 0.805. The van der Waals surface area contributed by atoms with Gasteiger partial charge >= 0.3 is 6.18 Å². The summed E-state index contributed by atoms with van der Waals surface area (Å²) in [6.07, 6.45) is -3.03. The maximum Gasteiger partial charge on any atom is 0.436 e. The Morgan fingerprint density at radius 2 is 2.00 bits per heavy atom. The maximum absolute atomic E-state index is 12.9. The molecule has 1 aliphatic heterocycles. The van der Waals surface area contributed by atoms with Gasteiger partial charge in [0.15, 0.2) is 5.69 Å². The number of carbonyl (C=O) groups is 1. The molecule has 1 saturated heterocycles. The first kappa shape index (κ1) is 18.8. The number of hydrogen-bond donors (Lipinski definition) is 0. The van der Waals surface area contributed by atoms with Crippen molar-refractivity contribution in [3.63, 3.8) is 0 Å². The van der Waals surface area contributed by atoms with E-state index < -0.39 is 16.9 Å². The van der Waals surface area contributed by atoms with E-state index in [-0.39, 0.29) is 18.1 Å². The first-order chi connectivity index (χ1) is 12.3. The van der Waals surface area contributed by atoms with Gasteiger partial charge in [0.05, 0.1) is 23.5 Å². The Kier molecular flexibility index (Phi) is 5.29. The van der Waals surface area contributed by atoms with Gasteiger partial charge in [-0.1, -0.05) is 11.6 Å². The van der Waals surface area contributed by atoms with Crippen molar-refractivity contribution in [3.05, 3.63) is 40.6 Å². The van der Waals surface area contributed by atoms with E-state index in [1.807, 2.05) is 12.1 Å². The Hall–Kier alpha value is -2.00. The number of hydrogen-bond acceptors (Lipinski definition) is 4. The van der Waals surface area contributed by atoms with Crippen molar-refractivity contribution in [1.82, 2.24) is 19.6 Å². The highest BCUT2D eigenvalue weighted by Crippen LogP contribution is 2.35. The van der Waals surface area contributed by atoms with Gasteiger partial charge in [0, 0.05) is 26.2 Å². The van der Waals surface area contributed by atoms with Crippen LogP contribution in [-0.2, 0) is 24.1 Å². The van der Waals surface area contributed by atoms with Crippen LogP contribution in [0.5, 0.6) is 0 Å². The van der Waals surface area contributed by atoms with Crippen LogP contribution < -0.4 is 0 Å². The normalized spacial score (nSPS) is 16.3. The molecule has 0 saturated carbocycles. The number of aromatic nitrogens is 2. The van der Waals surface area contributed by atoms with Gasteiger partial charge in [-0.25, -0.2) is 0 Å². The Morgan fingerprint density at radius 1 is 1.31 bits per heavy atom. The Morgan fingerprint density at radius 3 is 2.54 bits per heavy atom. The van der Waals surface area contributed by atoms with E-state index in [0.717, 1.165) is 10.4 Å². The Bertz CT molecular complexity index is 765. The number of furan rings is 1. The average Bonchev–Trinajstić information content (AvgIpc) is 3.18. The number of halogens is 4. The second-order valence-corrected chi connectivity index (χ2v) is 6.52. The molecule has 3 rings (SSSR count). The van der Waals surface area contributed by atoms with Crippen LogP contribution in [0.2, 0.25) is 5.02 Å². The summed E-state index contributed by atoms with van der Waals surface area (Å²) in [5, 5.41) is 3.01. The van der Waals surface area contributed by atoms with Gasteiger partial charge in [-0.15, -0.1) is 0 Å². The van der Waals surface area contributed by atoms with Crippen LogP contribution in [0.25, 0.3) is 0 Å². The van der Waals surface area contributed by atoms with Crippen LogP contribution in [0.3, 0.4) is 0 Å². The number of alkyl halides is 3. The lowest BCUT2D eigenvalue weighted by Gasteiger charge is -2.34. The second-order valence-electron chi connectivity index (χ2n) is 6.14. The molecule has 1 aliphatic rings. The average molecular weight is 391 g/mol. The molecule has 0 spiro atoms. The Balaban J connectivity index is 1.58. The topological polar surface area (TPSA) is 54.5 Å². The van der Waals surface area contributed by atoms with Gasteiger partial charge in [0.1, 0.15) is 12.3 Å².